The molecule has 12 heteroatoms. The number of carbonyl (C=O) groups is 2. The Labute approximate surface area is 191 Å². The number of aliphatic carboxylic acids is 1. The lowest BCUT2D eigenvalue weighted by molar-refractivity contribution is -0.137. The average Bonchev–Trinajstić information content (AvgIpc) is 2.71. The highest BCUT2D eigenvalue weighted by molar-refractivity contribution is 7.92. The van der Waals surface area contributed by atoms with Gasteiger partial charge >= 0.3 is 12.1 Å². The van der Waals surface area contributed by atoms with Crippen molar-refractivity contribution in [1.29, 1.82) is 0 Å². The molecule has 0 spiro atoms. The highest BCUT2D eigenvalue weighted by Gasteiger charge is 2.21. The quantitative estimate of drug-likeness (QED) is 0.255. The van der Waals surface area contributed by atoms with Crippen LogP contribution in [0.4, 0.5) is 16.2 Å². The molecule has 0 bridgehead atoms. The van der Waals surface area contributed by atoms with Gasteiger partial charge in [-0.05, 0) is 41.8 Å². The van der Waals surface area contributed by atoms with Crippen LogP contribution in [0.5, 0.6) is 0 Å². The maximum absolute atomic E-state index is 12.8. The highest BCUT2D eigenvalue weighted by Crippen LogP contribution is 2.24. The van der Waals surface area contributed by atoms with Gasteiger partial charge in [0.1, 0.15) is 0 Å². The van der Waals surface area contributed by atoms with Crippen molar-refractivity contribution in [2.75, 3.05) is 11.3 Å². The second-order valence-electron chi connectivity index (χ2n) is 7.55. The minimum absolute atomic E-state index is 0.0760. The fraction of sp³-hybridized carbons (Fsp3) is 0.286. The summed E-state index contributed by atoms with van der Waals surface area (Å²) in [5.74, 6) is -1.25. The molecular formula is C21H27N5O6S. The number of carboxylic acids is 1. The van der Waals surface area contributed by atoms with Gasteiger partial charge in [0, 0.05) is 5.69 Å². The van der Waals surface area contributed by atoms with Crippen LogP contribution in [0.15, 0.2) is 58.4 Å². The standard InChI is InChI=1S/C21H27N5O6S/c1-13(2)12-32-21(29)25-18(11-19(27)28)14-5-3-7-16(9-14)26-33(30,31)17-8-4-6-15(10-17)24-20(22)23/h3-10,13,18,26H,11-12H2,1-2H3,(H,25,29)(H,27,28)(H4,22,23,24). The van der Waals surface area contributed by atoms with Crippen molar-refractivity contribution < 1.29 is 27.9 Å². The summed E-state index contributed by atoms with van der Waals surface area (Å²) in [6.07, 6.45) is -1.19. The number of nitrogens with zero attached hydrogens (tertiary/aromatic N) is 1. The van der Waals surface area contributed by atoms with Gasteiger partial charge in [-0.15, -0.1) is 0 Å². The highest BCUT2D eigenvalue weighted by atomic mass is 32.2. The zero-order valence-electron chi connectivity index (χ0n) is 18.2. The van der Waals surface area contributed by atoms with Crippen molar-refractivity contribution in [3.05, 3.63) is 54.1 Å². The Morgan fingerprint density at radius 3 is 2.45 bits per heavy atom. The van der Waals surface area contributed by atoms with E-state index in [1.165, 1.54) is 30.3 Å². The molecule has 0 aliphatic carbocycles. The number of carboxylic acid groups (broad SMARTS) is 1. The summed E-state index contributed by atoms with van der Waals surface area (Å²) < 4.78 is 33.1. The van der Waals surface area contributed by atoms with Crippen LogP contribution < -0.4 is 21.5 Å². The summed E-state index contributed by atoms with van der Waals surface area (Å²) in [6, 6.07) is 10.8. The van der Waals surface area contributed by atoms with Gasteiger partial charge in [-0.25, -0.2) is 18.2 Å². The number of guanidine groups is 1. The lowest BCUT2D eigenvalue weighted by Crippen LogP contribution is -2.31. The maximum atomic E-state index is 12.8. The Kier molecular flexibility index (Phi) is 8.63. The molecule has 7 N–H and O–H groups in total. The van der Waals surface area contributed by atoms with Crippen molar-refractivity contribution in [3.8, 4) is 0 Å². The summed E-state index contributed by atoms with van der Waals surface area (Å²) in [4.78, 5) is 27.1. The number of alkyl carbamates (subject to hydrolysis) is 1. The van der Waals surface area contributed by atoms with Crippen LogP contribution in [0.25, 0.3) is 0 Å². The third kappa shape index (κ3) is 8.33. The lowest BCUT2D eigenvalue weighted by Gasteiger charge is -2.19. The van der Waals surface area contributed by atoms with Crippen LogP contribution in [0.1, 0.15) is 31.9 Å². The van der Waals surface area contributed by atoms with Crippen molar-refractivity contribution in [3.63, 3.8) is 0 Å². The molecule has 1 amide bonds. The van der Waals surface area contributed by atoms with Crippen molar-refractivity contribution in [1.82, 2.24) is 5.32 Å². The Balaban J connectivity index is 2.26. The van der Waals surface area contributed by atoms with E-state index in [9.17, 15) is 23.1 Å². The monoisotopic (exact) mass is 477 g/mol. The topological polar surface area (TPSA) is 186 Å². The molecule has 0 saturated carbocycles. The SMILES string of the molecule is CC(C)COC(=O)NC(CC(=O)O)c1cccc(NS(=O)(=O)c2cccc(N=C(N)N)c2)c1. The smallest absolute Gasteiger partial charge is 0.407 e. The zero-order valence-corrected chi connectivity index (χ0v) is 19.0. The first-order chi connectivity index (χ1) is 15.5. The third-order valence-electron chi connectivity index (χ3n) is 4.15. The van der Waals surface area contributed by atoms with Gasteiger partial charge in [-0.2, -0.15) is 0 Å². The van der Waals surface area contributed by atoms with E-state index in [1.807, 2.05) is 13.8 Å². The number of anilines is 1. The number of amides is 1. The summed E-state index contributed by atoms with van der Waals surface area (Å²) in [5, 5.41) is 11.7. The van der Waals surface area contributed by atoms with Crippen LogP contribution >= 0.6 is 0 Å². The van der Waals surface area contributed by atoms with Gasteiger partial charge in [0.2, 0.25) is 0 Å². The Bertz CT molecular complexity index is 1130. The van der Waals surface area contributed by atoms with Gasteiger partial charge < -0.3 is 26.6 Å². The van der Waals surface area contributed by atoms with E-state index in [0.29, 0.717) is 5.56 Å². The second-order valence-corrected chi connectivity index (χ2v) is 9.23. The molecule has 0 aromatic heterocycles. The lowest BCUT2D eigenvalue weighted by atomic mass is 10.0. The fourth-order valence-electron chi connectivity index (χ4n) is 2.76. The van der Waals surface area contributed by atoms with Crippen LogP contribution in [-0.4, -0.2) is 38.2 Å². The molecule has 0 heterocycles. The molecule has 11 nitrogen and oxygen atoms in total. The number of benzene rings is 2. The van der Waals surface area contributed by atoms with Gasteiger partial charge in [0.25, 0.3) is 10.0 Å². The van der Waals surface area contributed by atoms with Crippen LogP contribution in [-0.2, 0) is 19.6 Å². The Morgan fingerprint density at radius 1 is 1.12 bits per heavy atom. The molecule has 0 saturated heterocycles. The van der Waals surface area contributed by atoms with Crippen molar-refractivity contribution in [2.24, 2.45) is 22.4 Å². The van der Waals surface area contributed by atoms with Gasteiger partial charge in [-0.3, -0.25) is 9.52 Å². The van der Waals surface area contributed by atoms with Crippen LogP contribution in [0, 0.1) is 5.92 Å². The number of nitrogens with two attached hydrogens (primary N) is 2. The average molecular weight is 478 g/mol. The molecule has 0 radical (unpaired) electrons. The van der Waals surface area contributed by atoms with Gasteiger partial charge in [0.15, 0.2) is 5.96 Å². The number of carbonyl (C=O) groups excluding carboxylic acids is 1. The Morgan fingerprint density at radius 2 is 1.82 bits per heavy atom. The van der Waals surface area contributed by atoms with Crippen LogP contribution in [0.2, 0.25) is 0 Å². The minimum Gasteiger partial charge on any atom is -0.481 e. The first-order valence-electron chi connectivity index (χ1n) is 9.94. The molecular weight excluding hydrogens is 450 g/mol. The third-order valence-corrected chi connectivity index (χ3v) is 5.52. The molecule has 1 atom stereocenters. The van der Waals surface area contributed by atoms with E-state index >= 15 is 0 Å². The van der Waals surface area contributed by atoms with Gasteiger partial charge in [0.05, 0.1) is 29.7 Å². The summed E-state index contributed by atoms with van der Waals surface area (Å²) in [7, 11) is -4.01. The number of hydrogen-bond acceptors (Lipinski definition) is 6. The largest absolute Gasteiger partial charge is 0.481 e. The van der Waals surface area contributed by atoms with E-state index in [4.69, 9.17) is 16.2 Å². The maximum Gasteiger partial charge on any atom is 0.407 e. The molecule has 0 fully saturated rings. The Hall–Kier alpha value is -3.80. The molecule has 2 aromatic rings. The molecule has 2 rings (SSSR count). The predicted molar refractivity (Wildman–Crippen MR) is 123 cm³/mol. The van der Waals surface area contributed by atoms with E-state index < -0.39 is 34.5 Å². The van der Waals surface area contributed by atoms with E-state index in [1.54, 1.807) is 18.2 Å². The number of sulfonamides is 1. The summed E-state index contributed by atoms with van der Waals surface area (Å²) in [6.45, 7) is 3.90. The summed E-state index contributed by atoms with van der Waals surface area (Å²) in [5.41, 5.74) is 11.5. The fourth-order valence-corrected chi connectivity index (χ4v) is 3.84. The predicted octanol–water partition coefficient (Wildman–Crippen LogP) is 2.29. The normalized spacial score (nSPS) is 12.0. The number of ether oxygens (including phenoxy) is 1. The molecule has 178 valence electrons. The molecule has 0 aliphatic heterocycles. The first-order valence-corrected chi connectivity index (χ1v) is 11.4. The van der Waals surface area contributed by atoms with Gasteiger partial charge in [-0.1, -0.05) is 32.0 Å². The molecule has 33 heavy (non-hydrogen) atoms. The zero-order chi connectivity index (χ0) is 24.6. The molecule has 0 aliphatic rings. The first kappa shape index (κ1) is 25.5. The molecule has 1 unspecified atom stereocenters. The number of hydrogen-bond donors (Lipinski definition) is 5. The number of nitrogens with one attached hydrogen (secondary N) is 2. The van der Waals surface area contributed by atoms with Crippen molar-refractivity contribution in [2.45, 2.75) is 31.2 Å². The van der Waals surface area contributed by atoms with Crippen molar-refractivity contribution >= 4 is 39.4 Å². The molecule has 2 aromatic carbocycles. The van der Waals surface area contributed by atoms with E-state index in [0.717, 1.165) is 0 Å². The minimum atomic E-state index is -4.01. The van der Waals surface area contributed by atoms with E-state index in [2.05, 4.69) is 15.0 Å². The number of aliphatic imine (C=N–C) groups is 1. The van der Waals surface area contributed by atoms with Crippen LogP contribution in [0.3, 0.4) is 0 Å². The second kappa shape index (κ2) is 11.2. The number of rotatable bonds is 10. The summed E-state index contributed by atoms with van der Waals surface area (Å²) >= 11 is 0. The van der Waals surface area contributed by atoms with E-state index in [-0.39, 0.29) is 34.8 Å².